The van der Waals surface area contributed by atoms with Crippen LogP contribution in [0.5, 0.6) is 5.75 Å². The first-order chi connectivity index (χ1) is 8.93. The number of hydrogen-bond donors (Lipinski definition) is 1. The Morgan fingerprint density at radius 2 is 2.00 bits per heavy atom. The minimum absolute atomic E-state index is 0.119. The highest BCUT2D eigenvalue weighted by molar-refractivity contribution is 5.49. The number of methoxy groups -OCH3 is 1. The van der Waals surface area contributed by atoms with E-state index < -0.39 is 0 Å². The van der Waals surface area contributed by atoms with Crippen molar-refractivity contribution in [3.05, 3.63) is 28.8 Å². The van der Waals surface area contributed by atoms with Crippen molar-refractivity contribution in [3.8, 4) is 5.75 Å². The Hall–Kier alpha value is -1.02. The van der Waals surface area contributed by atoms with Gasteiger partial charge in [-0.1, -0.05) is 38.5 Å². The van der Waals surface area contributed by atoms with E-state index in [1.165, 1.54) is 29.5 Å². The molecule has 0 aromatic heterocycles. The third-order valence-electron chi connectivity index (χ3n) is 4.01. The van der Waals surface area contributed by atoms with E-state index in [2.05, 4.69) is 45.1 Å². The van der Waals surface area contributed by atoms with Crippen LogP contribution in [0, 0.1) is 6.92 Å². The molecule has 0 radical (unpaired) electrons. The molecule has 0 amide bonds. The Balaban J connectivity index is 2.50. The zero-order chi connectivity index (χ0) is 14.0. The van der Waals surface area contributed by atoms with Gasteiger partial charge in [-0.25, -0.2) is 0 Å². The Morgan fingerprint density at radius 3 is 2.53 bits per heavy atom. The largest absolute Gasteiger partial charge is 0.496 e. The summed E-state index contributed by atoms with van der Waals surface area (Å²) < 4.78 is 5.78. The monoisotopic (exact) mass is 261 g/mol. The van der Waals surface area contributed by atoms with Crippen LogP contribution in [0.1, 0.15) is 56.2 Å². The average Bonchev–Trinajstić information content (AvgIpc) is 2.37. The minimum atomic E-state index is 0.119. The Bertz CT molecular complexity index is 439. The van der Waals surface area contributed by atoms with Gasteiger partial charge in [0.1, 0.15) is 5.75 Å². The minimum Gasteiger partial charge on any atom is -0.496 e. The van der Waals surface area contributed by atoms with Crippen LogP contribution in [-0.4, -0.2) is 20.2 Å². The number of piperidine rings is 1. The Kier molecular flexibility index (Phi) is 4.19. The zero-order valence-electron chi connectivity index (χ0n) is 13.0. The molecule has 0 saturated carbocycles. The van der Waals surface area contributed by atoms with Crippen LogP contribution in [0.25, 0.3) is 0 Å². The molecule has 1 unspecified atom stereocenters. The van der Waals surface area contributed by atoms with Gasteiger partial charge < -0.3 is 10.1 Å². The van der Waals surface area contributed by atoms with Gasteiger partial charge in [-0.05, 0) is 37.3 Å². The van der Waals surface area contributed by atoms with Crippen molar-refractivity contribution >= 4 is 0 Å². The molecule has 2 rings (SSSR count). The van der Waals surface area contributed by atoms with E-state index in [4.69, 9.17) is 4.74 Å². The summed E-state index contributed by atoms with van der Waals surface area (Å²) >= 11 is 0. The molecular weight excluding hydrogens is 234 g/mol. The molecule has 2 heteroatoms. The lowest BCUT2D eigenvalue weighted by Gasteiger charge is -2.29. The van der Waals surface area contributed by atoms with E-state index in [1.54, 1.807) is 7.11 Å². The highest BCUT2D eigenvalue weighted by atomic mass is 16.5. The fourth-order valence-electron chi connectivity index (χ4n) is 3.01. The van der Waals surface area contributed by atoms with Gasteiger partial charge in [0.2, 0.25) is 0 Å². The second kappa shape index (κ2) is 5.54. The van der Waals surface area contributed by atoms with Gasteiger partial charge in [-0.15, -0.1) is 0 Å². The van der Waals surface area contributed by atoms with Crippen molar-refractivity contribution in [1.82, 2.24) is 5.32 Å². The summed E-state index contributed by atoms with van der Waals surface area (Å²) in [6.07, 6.45) is 2.52. The van der Waals surface area contributed by atoms with Crippen molar-refractivity contribution in [3.63, 3.8) is 0 Å². The van der Waals surface area contributed by atoms with E-state index in [0.29, 0.717) is 5.92 Å². The van der Waals surface area contributed by atoms with Gasteiger partial charge in [0, 0.05) is 18.0 Å². The molecule has 1 heterocycles. The smallest absolute Gasteiger partial charge is 0.126 e. The molecule has 1 aliphatic heterocycles. The number of ether oxygens (including phenoxy) is 1. The third-order valence-corrected chi connectivity index (χ3v) is 4.01. The fraction of sp³-hybridized carbons (Fsp3) is 0.647. The predicted octanol–water partition coefficient (Wildman–Crippen LogP) is 3.77. The van der Waals surface area contributed by atoms with E-state index >= 15 is 0 Å². The summed E-state index contributed by atoms with van der Waals surface area (Å²) in [6.45, 7) is 11.2. The normalized spacial score (nSPS) is 20.4. The lowest BCUT2D eigenvalue weighted by molar-refractivity contribution is 0.378. The topological polar surface area (TPSA) is 21.3 Å². The van der Waals surface area contributed by atoms with Crippen LogP contribution in [0.4, 0.5) is 0 Å². The van der Waals surface area contributed by atoms with Crippen LogP contribution in [-0.2, 0) is 5.41 Å². The lowest BCUT2D eigenvalue weighted by Crippen LogP contribution is -2.29. The molecule has 1 N–H and O–H groups in total. The first kappa shape index (κ1) is 14.4. The summed E-state index contributed by atoms with van der Waals surface area (Å²) in [5, 5.41) is 3.51. The van der Waals surface area contributed by atoms with Gasteiger partial charge >= 0.3 is 0 Å². The maximum absolute atomic E-state index is 5.78. The standard InChI is InChI=1S/C17H27NO/c1-12-9-14(13-7-6-8-18-11-13)16(19-5)15(10-12)17(2,3)4/h9-10,13,18H,6-8,11H2,1-5H3. The summed E-state index contributed by atoms with van der Waals surface area (Å²) in [4.78, 5) is 0. The van der Waals surface area contributed by atoms with E-state index in [-0.39, 0.29) is 5.41 Å². The van der Waals surface area contributed by atoms with Crippen molar-refractivity contribution in [2.75, 3.05) is 20.2 Å². The number of aryl methyl sites for hydroxylation is 1. The Labute approximate surface area is 117 Å². The first-order valence-corrected chi connectivity index (χ1v) is 7.33. The summed E-state index contributed by atoms with van der Waals surface area (Å²) in [5.41, 5.74) is 4.18. The summed E-state index contributed by atoms with van der Waals surface area (Å²) in [5.74, 6) is 1.69. The molecule has 1 aliphatic rings. The second-order valence-corrected chi connectivity index (χ2v) is 6.73. The van der Waals surface area contributed by atoms with Crippen LogP contribution in [0.2, 0.25) is 0 Å². The maximum atomic E-state index is 5.78. The molecule has 2 nitrogen and oxygen atoms in total. The molecule has 1 aromatic carbocycles. The summed E-state index contributed by atoms with van der Waals surface area (Å²) in [7, 11) is 1.81. The van der Waals surface area contributed by atoms with Gasteiger partial charge in [-0.2, -0.15) is 0 Å². The Morgan fingerprint density at radius 1 is 1.26 bits per heavy atom. The lowest BCUT2D eigenvalue weighted by atomic mass is 9.81. The maximum Gasteiger partial charge on any atom is 0.126 e. The van der Waals surface area contributed by atoms with Crippen molar-refractivity contribution in [2.45, 2.75) is 51.9 Å². The van der Waals surface area contributed by atoms with Crippen molar-refractivity contribution in [1.29, 1.82) is 0 Å². The van der Waals surface area contributed by atoms with Crippen LogP contribution < -0.4 is 10.1 Å². The molecule has 0 spiro atoms. The molecule has 19 heavy (non-hydrogen) atoms. The first-order valence-electron chi connectivity index (χ1n) is 7.33. The van der Waals surface area contributed by atoms with Crippen molar-refractivity contribution < 1.29 is 4.74 Å². The molecule has 106 valence electrons. The number of rotatable bonds is 2. The highest BCUT2D eigenvalue weighted by Crippen LogP contribution is 2.39. The van der Waals surface area contributed by atoms with Gasteiger partial charge in [-0.3, -0.25) is 0 Å². The van der Waals surface area contributed by atoms with E-state index in [1.807, 2.05) is 0 Å². The predicted molar refractivity (Wildman–Crippen MR) is 81.3 cm³/mol. The molecule has 1 saturated heterocycles. The second-order valence-electron chi connectivity index (χ2n) is 6.73. The molecule has 0 bridgehead atoms. The number of benzene rings is 1. The van der Waals surface area contributed by atoms with E-state index in [0.717, 1.165) is 18.8 Å². The third kappa shape index (κ3) is 3.11. The fourth-order valence-corrected chi connectivity index (χ4v) is 3.01. The van der Waals surface area contributed by atoms with Crippen LogP contribution in [0.3, 0.4) is 0 Å². The van der Waals surface area contributed by atoms with Crippen LogP contribution >= 0.6 is 0 Å². The highest BCUT2D eigenvalue weighted by Gasteiger charge is 2.26. The zero-order valence-corrected chi connectivity index (χ0v) is 13.0. The quantitative estimate of drug-likeness (QED) is 0.875. The molecule has 1 aromatic rings. The average molecular weight is 261 g/mol. The van der Waals surface area contributed by atoms with Gasteiger partial charge in [0.25, 0.3) is 0 Å². The number of nitrogens with one attached hydrogen (secondary N) is 1. The summed E-state index contributed by atoms with van der Waals surface area (Å²) in [6, 6.07) is 4.59. The van der Waals surface area contributed by atoms with Gasteiger partial charge in [0.15, 0.2) is 0 Å². The van der Waals surface area contributed by atoms with E-state index in [9.17, 15) is 0 Å². The molecule has 1 fully saturated rings. The molecular formula is C17H27NO. The van der Waals surface area contributed by atoms with Gasteiger partial charge in [0.05, 0.1) is 7.11 Å². The van der Waals surface area contributed by atoms with Crippen molar-refractivity contribution in [2.24, 2.45) is 0 Å². The number of hydrogen-bond acceptors (Lipinski definition) is 2. The van der Waals surface area contributed by atoms with Crippen LogP contribution in [0.15, 0.2) is 12.1 Å². The SMILES string of the molecule is COc1c(C2CCCNC2)cc(C)cc1C(C)(C)C. The molecule has 1 atom stereocenters. The molecule has 0 aliphatic carbocycles.